The molecule has 0 radical (unpaired) electrons. The molecule has 16 heavy (non-hydrogen) atoms. The van der Waals surface area contributed by atoms with Crippen molar-refractivity contribution in [2.45, 2.75) is 18.8 Å². The van der Waals surface area contributed by atoms with Gasteiger partial charge in [0.25, 0.3) is 0 Å². The molecule has 3 nitrogen and oxygen atoms in total. The normalized spacial score (nSPS) is 14.2. The highest BCUT2D eigenvalue weighted by molar-refractivity contribution is 5.70. The summed E-state index contributed by atoms with van der Waals surface area (Å²) in [7, 11) is 0. The average molecular weight is 215 g/mol. The van der Waals surface area contributed by atoms with Crippen molar-refractivity contribution in [2.24, 2.45) is 5.73 Å². The van der Waals surface area contributed by atoms with Crippen LogP contribution in [0.25, 0.3) is 12.2 Å². The zero-order valence-electron chi connectivity index (χ0n) is 8.72. The van der Waals surface area contributed by atoms with E-state index in [1.54, 1.807) is 0 Å². The molecule has 2 rings (SSSR count). The second-order valence-corrected chi connectivity index (χ2v) is 3.78. The first-order chi connectivity index (χ1) is 7.68. The molecule has 0 spiro atoms. The van der Waals surface area contributed by atoms with Crippen molar-refractivity contribution >= 4 is 12.2 Å². The number of rotatable bonds is 3. The van der Waals surface area contributed by atoms with E-state index in [2.05, 4.69) is 11.5 Å². The van der Waals surface area contributed by atoms with Crippen molar-refractivity contribution in [1.82, 2.24) is 0 Å². The quantitative estimate of drug-likeness (QED) is 0.520. The molecule has 0 bridgehead atoms. The summed E-state index contributed by atoms with van der Waals surface area (Å²) in [5.41, 5.74) is 14.5. The Morgan fingerprint density at radius 3 is 2.69 bits per heavy atom. The molecule has 0 fully saturated rings. The zero-order valence-corrected chi connectivity index (χ0v) is 8.72. The summed E-state index contributed by atoms with van der Waals surface area (Å²) in [5, 5.41) is 17.9. The predicted octanol–water partition coefficient (Wildman–Crippen LogP) is 0.661. The minimum Gasteiger partial charge on any atom is -0.367 e. The number of fused-ring (bicyclic) bond motifs is 1. The Bertz CT molecular complexity index is 493. The van der Waals surface area contributed by atoms with Crippen LogP contribution in [0.1, 0.15) is 16.7 Å². The largest absolute Gasteiger partial charge is 0.367 e. The van der Waals surface area contributed by atoms with Gasteiger partial charge < -0.3 is 15.9 Å². The number of hydrogen-bond acceptors (Lipinski definition) is 3. The summed E-state index contributed by atoms with van der Waals surface area (Å²) in [6.45, 7) is 0. The molecule has 1 aromatic carbocycles. The maximum absolute atomic E-state index is 8.97. The van der Waals surface area contributed by atoms with E-state index in [1.807, 2.05) is 30.4 Å². The van der Waals surface area contributed by atoms with Crippen LogP contribution >= 0.6 is 0 Å². The van der Waals surface area contributed by atoms with Crippen LogP contribution in [0, 0.1) is 0 Å². The van der Waals surface area contributed by atoms with E-state index >= 15 is 0 Å². The van der Waals surface area contributed by atoms with Crippen LogP contribution in [0.15, 0.2) is 29.7 Å². The molecule has 1 aliphatic rings. The fraction of sp³-hybridized carbons (Fsp3) is 0.231. The van der Waals surface area contributed by atoms with E-state index in [0.717, 1.165) is 16.7 Å². The van der Waals surface area contributed by atoms with Gasteiger partial charge >= 0.3 is 0 Å². The molecule has 1 atom stereocenters. The number of nitrogens with two attached hydrogens (primary N) is 1. The summed E-state index contributed by atoms with van der Waals surface area (Å²) in [5.74, 6) is 0. The van der Waals surface area contributed by atoms with Gasteiger partial charge in [-0.2, -0.15) is 0 Å². The Morgan fingerprint density at radius 2 is 1.94 bits per heavy atom. The van der Waals surface area contributed by atoms with Crippen LogP contribution in [0.3, 0.4) is 0 Å². The van der Waals surface area contributed by atoms with Crippen molar-refractivity contribution in [3.8, 4) is 0 Å². The second-order valence-electron chi connectivity index (χ2n) is 3.78. The molecule has 0 saturated carbocycles. The number of benzene rings is 1. The molecule has 3 heteroatoms. The Balaban J connectivity index is 2.31. The fourth-order valence-electron chi connectivity index (χ4n) is 1.71. The van der Waals surface area contributed by atoms with Gasteiger partial charge in [0.05, 0.1) is 6.04 Å². The maximum Gasteiger partial charge on any atom is 0.167 e. The van der Waals surface area contributed by atoms with E-state index in [1.165, 1.54) is 0 Å². The number of aliphatic hydroxyl groups excluding tert-OH is 1. The molecule has 0 heterocycles. The third kappa shape index (κ3) is 2.15. The van der Waals surface area contributed by atoms with Gasteiger partial charge in [-0.15, -0.1) is 0 Å². The number of hydrogen-bond donors (Lipinski definition) is 3. The topological polar surface area (TPSA) is 66.5 Å². The molecular formula is C13H13NO2. The summed E-state index contributed by atoms with van der Waals surface area (Å²) in [4.78, 5) is 0. The lowest BCUT2D eigenvalue weighted by Gasteiger charge is -2.16. The minimum atomic E-state index is -1.49. The zero-order chi connectivity index (χ0) is 11.5. The SMILES string of the molecule is N[C@@H](Cc1cccc2c1C=C=C=C2)C(O)O. The van der Waals surface area contributed by atoms with Crippen LogP contribution < -0.4 is 5.73 Å². The summed E-state index contributed by atoms with van der Waals surface area (Å²) in [6.07, 6.45) is 2.61. The molecule has 0 unspecified atom stereocenters. The highest BCUT2D eigenvalue weighted by Gasteiger charge is 2.14. The molecule has 0 amide bonds. The van der Waals surface area contributed by atoms with E-state index in [4.69, 9.17) is 15.9 Å². The summed E-state index contributed by atoms with van der Waals surface area (Å²) in [6, 6.07) is 5.15. The Kier molecular flexibility index (Phi) is 3.07. The average Bonchev–Trinajstić information content (AvgIpc) is 2.29. The van der Waals surface area contributed by atoms with Crippen LogP contribution in [0.4, 0.5) is 0 Å². The number of aliphatic hydroxyl groups is 2. The van der Waals surface area contributed by atoms with Gasteiger partial charge in [0.2, 0.25) is 0 Å². The molecule has 0 saturated heterocycles. The van der Waals surface area contributed by atoms with E-state index in [9.17, 15) is 0 Å². The van der Waals surface area contributed by atoms with E-state index in [-0.39, 0.29) is 0 Å². The lowest BCUT2D eigenvalue weighted by Crippen LogP contribution is -2.36. The van der Waals surface area contributed by atoms with Crippen molar-refractivity contribution < 1.29 is 10.2 Å². The van der Waals surface area contributed by atoms with E-state index in [0.29, 0.717) is 6.42 Å². The first-order valence-corrected chi connectivity index (χ1v) is 5.09. The third-order valence-electron chi connectivity index (χ3n) is 2.60. The molecule has 4 N–H and O–H groups in total. The standard InChI is InChI=1S/C13H13NO2/c14-12(13(15)16)8-10-6-3-5-9-4-1-2-7-11(9)10/h3-7,12-13,15-16H,8,14H2/t12-/m0/s1. The molecule has 0 aliphatic heterocycles. The fourth-order valence-corrected chi connectivity index (χ4v) is 1.71. The molecule has 1 aromatic rings. The first-order valence-electron chi connectivity index (χ1n) is 5.09. The molecule has 82 valence electrons. The van der Waals surface area contributed by atoms with Crippen LogP contribution in [-0.2, 0) is 6.42 Å². The minimum absolute atomic E-state index is 0.423. The van der Waals surface area contributed by atoms with Crippen molar-refractivity contribution in [1.29, 1.82) is 0 Å². The van der Waals surface area contributed by atoms with Crippen LogP contribution in [0.2, 0.25) is 0 Å². The third-order valence-corrected chi connectivity index (χ3v) is 2.60. The maximum atomic E-state index is 8.97. The Labute approximate surface area is 93.8 Å². The molecular weight excluding hydrogens is 202 g/mol. The highest BCUT2D eigenvalue weighted by atomic mass is 16.5. The molecule has 1 aliphatic carbocycles. The first kappa shape index (κ1) is 10.9. The predicted molar refractivity (Wildman–Crippen MR) is 62.3 cm³/mol. The summed E-state index contributed by atoms with van der Waals surface area (Å²) < 4.78 is 0. The van der Waals surface area contributed by atoms with Gasteiger partial charge in [0.1, 0.15) is 0 Å². The van der Waals surface area contributed by atoms with Crippen molar-refractivity contribution in [3.63, 3.8) is 0 Å². The van der Waals surface area contributed by atoms with Gasteiger partial charge in [-0.25, -0.2) is 0 Å². The lowest BCUT2D eigenvalue weighted by atomic mass is 9.94. The van der Waals surface area contributed by atoms with Crippen LogP contribution in [-0.4, -0.2) is 22.5 Å². The lowest BCUT2D eigenvalue weighted by molar-refractivity contribution is -0.0577. The van der Waals surface area contributed by atoms with Crippen molar-refractivity contribution in [2.75, 3.05) is 0 Å². The van der Waals surface area contributed by atoms with Gasteiger partial charge in [0.15, 0.2) is 6.29 Å². The Morgan fingerprint density at radius 1 is 1.19 bits per heavy atom. The van der Waals surface area contributed by atoms with Gasteiger partial charge in [0, 0.05) is 0 Å². The van der Waals surface area contributed by atoms with Crippen LogP contribution in [0.5, 0.6) is 0 Å². The summed E-state index contributed by atoms with van der Waals surface area (Å²) >= 11 is 0. The van der Waals surface area contributed by atoms with Gasteiger partial charge in [-0.1, -0.05) is 29.7 Å². The van der Waals surface area contributed by atoms with Crippen molar-refractivity contribution in [3.05, 3.63) is 46.4 Å². The van der Waals surface area contributed by atoms with E-state index < -0.39 is 12.3 Å². The van der Waals surface area contributed by atoms with Gasteiger partial charge in [-0.3, -0.25) is 0 Å². The second kappa shape index (κ2) is 4.50. The highest BCUT2D eigenvalue weighted by Crippen LogP contribution is 2.21. The molecule has 0 aromatic heterocycles. The Hall–Kier alpha value is -1.60. The monoisotopic (exact) mass is 215 g/mol. The van der Waals surface area contributed by atoms with Gasteiger partial charge in [-0.05, 0) is 35.3 Å². The smallest absolute Gasteiger partial charge is 0.167 e.